The molecule has 5 unspecified atom stereocenters. The zero-order valence-corrected chi connectivity index (χ0v) is 28.2. The highest BCUT2D eigenvalue weighted by Crippen LogP contribution is 2.46. The molecule has 5 rings (SSSR count). The van der Waals surface area contributed by atoms with E-state index in [9.17, 15) is 28.3 Å². The molecule has 0 bridgehead atoms. The van der Waals surface area contributed by atoms with Crippen molar-refractivity contribution in [2.45, 2.75) is 83.1 Å². The lowest BCUT2D eigenvalue weighted by atomic mass is 9.77. The van der Waals surface area contributed by atoms with Crippen molar-refractivity contribution in [1.29, 1.82) is 0 Å². The number of hydrogen-bond donors (Lipinski definition) is 3. The average molecular weight is 681 g/mol. The van der Waals surface area contributed by atoms with Crippen LogP contribution in [0.2, 0.25) is 0 Å². The van der Waals surface area contributed by atoms with Gasteiger partial charge in [-0.2, -0.15) is 0 Å². The molecular formula is C38H46F2N2O7. The number of anilines is 1. The van der Waals surface area contributed by atoms with Gasteiger partial charge in [0, 0.05) is 18.2 Å². The van der Waals surface area contributed by atoms with Gasteiger partial charge in [-0.05, 0) is 84.6 Å². The molecule has 2 saturated heterocycles. The van der Waals surface area contributed by atoms with E-state index in [-0.39, 0.29) is 55.0 Å². The molecule has 0 saturated carbocycles. The highest BCUT2D eigenvalue weighted by atomic mass is 19.1. The molecule has 5 atom stereocenters. The molecule has 2 amide bonds. The third kappa shape index (κ3) is 8.81. The smallest absolute Gasteiger partial charge is 0.305 e. The number of benzene rings is 2. The number of ether oxygens (including phenoxy) is 2. The topological polar surface area (TPSA) is 125 Å². The predicted octanol–water partition coefficient (Wildman–Crippen LogP) is 5.82. The van der Waals surface area contributed by atoms with Gasteiger partial charge in [0.1, 0.15) is 23.9 Å². The van der Waals surface area contributed by atoms with Crippen LogP contribution in [0.15, 0.2) is 72.1 Å². The summed E-state index contributed by atoms with van der Waals surface area (Å²) >= 11 is 0. The van der Waals surface area contributed by atoms with E-state index < -0.39 is 35.5 Å². The normalized spacial score (nSPS) is 22.8. The van der Waals surface area contributed by atoms with Gasteiger partial charge in [-0.15, -0.1) is 0 Å². The fourth-order valence-electron chi connectivity index (χ4n) is 6.87. The van der Waals surface area contributed by atoms with Crippen molar-refractivity contribution in [1.82, 2.24) is 5.32 Å². The van der Waals surface area contributed by atoms with Crippen LogP contribution in [-0.4, -0.2) is 65.6 Å². The largest absolute Gasteiger partial charge is 0.481 e. The summed E-state index contributed by atoms with van der Waals surface area (Å²) in [5.41, 5.74) is 2.69. The number of carbonyl (C=O) groups excluding carboxylic acids is 2. The van der Waals surface area contributed by atoms with Gasteiger partial charge in [0.2, 0.25) is 11.8 Å². The Hall–Kier alpha value is -3.93. The summed E-state index contributed by atoms with van der Waals surface area (Å²) in [4.78, 5) is 38.9. The highest BCUT2D eigenvalue weighted by Gasteiger charge is 2.48. The van der Waals surface area contributed by atoms with E-state index in [2.05, 4.69) is 5.32 Å². The molecule has 3 aliphatic rings. The minimum absolute atomic E-state index is 0.0421. The molecule has 1 aliphatic carbocycles. The number of aryl methyl sites for hydroxylation is 1. The van der Waals surface area contributed by atoms with Crippen LogP contribution in [0, 0.1) is 23.6 Å². The van der Waals surface area contributed by atoms with E-state index in [4.69, 9.17) is 14.6 Å². The van der Waals surface area contributed by atoms with Crippen molar-refractivity contribution >= 4 is 23.5 Å². The maximum atomic E-state index is 13.7. The Morgan fingerprint density at radius 2 is 1.78 bits per heavy atom. The maximum Gasteiger partial charge on any atom is 0.305 e. The van der Waals surface area contributed by atoms with Crippen molar-refractivity contribution in [2.24, 2.45) is 17.8 Å². The number of carbonyl (C=O) groups is 3. The Balaban J connectivity index is 1.22. The molecule has 0 aromatic heterocycles. The number of halogens is 2. The first kappa shape index (κ1) is 36.4. The van der Waals surface area contributed by atoms with Crippen LogP contribution >= 0.6 is 0 Å². The van der Waals surface area contributed by atoms with Crippen molar-refractivity contribution in [3.05, 3.63) is 89.0 Å². The van der Waals surface area contributed by atoms with Crippen LogP contribution in [0.4, 0.5) is 14.5 Å². The number of nitrogens with one attached hydrogen (secondary N) is 1. The van der Waals surface area contributed by atoms with Crippen molar-refractivity contribution in [2.75, 3.05) is 24.7 Å². The second-order valence-electron chi connectivity index (χ2n) is 13.9. The number of nitrogens with zero attached hydrogens (tertiary/aromatic N) is 1. The lowest BCUT2D eigenvalue weighted by molar-refractivity contribution is -0.212. The van der Waals surface area contributed by atoms with Crippen LogP contribution in [0.1, 0.15) is 70.0 Å². The van der Waals surface area contributed by atoms with Crippen LogP contribution in [-0.2, 0) is 30.3 Å². The summed E-state index contributed by atoms with van der Waals surface area (Å²) in [5.74, 6) is -2.60. The summed E-state index contributed by atoms with van der Waals surface area (Å²) in [5, 5.41) is 22.9. The number of hydrogen-bond acceptors (Lipinski definition) is 6. The average Bonchev–Trinajstić information content (AvgIpc) is 3.03. The van der Waals surface area contributed by atoms with Crippen molar-refractivity contribution < 1.29 is 42.9 Å². The molecule has 2 aliphatic heterocycles. The number of aliphatic hydroxyl groups excluding tert-OH is 1. The summed E-state index contributed by atoms with van der Waals surface area (Å²) in [6, 6.07) is 13.0. The minimum atomic E-state index is -0.977. The van der Waals surface area contributed by atoms with Gasteiger partial charge >= 0.3 is 5.97 Å². The number of carboxylic acids is 1. The van der Waals surface area contributed by atoms with Crippen molar-refractivity contribution in [3.63, 3.8) is 0 Å². The molecule has 49 heavy (non-hydrogen) atoms. The lowest BCUT2D eigenvalue weighted by Gasteiger charge is -2.48. The highest BCUT2D eigenvalue weighted by molar-refractivity contribution is 6.03. The first-order valence-electron chi connectivity index (χ1n) is 17.0. The van der Waals surface area contributed by atoms with E-state index >= 15 is 0 Å². The summed E-state index contributed by atoms with van der Waals surface area (Å²) < 4.78 is 38.9. The quantitative estimate of drug-likeness (QED) is 0.191. The SMILES string of the molecule is CC1CC(F)=CC=C1C(O)CCC1C(=O)N(c2ccc(F)cc2)C1c1ccc(CCC2(OCC(=O)NC(CC(=O)O)C(C)C)COC2)cc1. The Morgan fingerprint density at radius 3 is 2.37 bits per heavy atom. The van der Waals surface area contributed by atoms with Gasteiger partial charge in [0.15, 0.2) is 0 Å². The number of allylic oxidation sites excluding steroid dienone is 3. The minimum Gasteiger partial charge on any atom is -0.481 e. The number of aliphatic carboxylic acids is 1. The molecule has 2 fully saturated rings. The molecule has 0 spiro atoms. The number of carboxylic acid groups (broad SMARTS) is 1. The fraction of sp³-hybridized carbons (Fsp3) is 0.500. The second-order valence-corrected chi connectivity index (χ2v) is 13.9. The molecule has 9 nitrogen and oxygen atoms in total. The number of β-lactam (4-membered cyclic amide) rings is 1. The standard InChI is InChI=1S/C38H46F2N2O7/c1-23(2)32(19-35(45)46)41-34(44)20-49-38(21-48-22-38)17-16-25-4-6-26(7-5-25)36-31(37(47)42(36)29-11-8-27(39)9-12-29)14-15-33(43)30-13-10-28(40)18-24(30)3/h4-13,23-24,31-33,36,43H,14-22H2,1-3H3,(H,41,44)(H,45,46). The van der Waals surface area contributed by atoms with E-state index in [1.54, 1.807) is 23.1 Å². The van der Waals surface area contributed by atoms with Gasteiger partial charge in [0.25, 0.3) is 0 Å². The summed E-state index contributed by atoms with van der Waals surface area (Å²) in [7, 11) is 0. The third-order valence-corrected chi connectivity index (χ3v) is 9.96. The number of amides is 2. The van der Waals surface area contributed by atoms with Crippen LogP contribution < -0.4 is 10.2 Å². The first-order valence-corrected chi connectivity index (χ1v) is 17.0. The van der Waals surface area contributed by atoms with E-state index in [1.165, 1.54) is 18.2 Å². The van der Waals surface area contributed by atoms with E-state index in [0.29, 0.717) is 44.6 Å². The summed E-state index contributed by atoms with van der Waals surface area (Å²) in [6.07, 6.45) is 4.39. The Labute approximate surface area is 286 Å². The van der Waals surface area contributed by atoms with Gasteiger partial charge in [-0.25, -0.2) is 8.78 Å². The Kier molecular flexibility index (Phi) is 11.7. The molecule has 3 N–H and O–H groups in total. The molecule has 2 heterocycles. The fourth-order valence-corrected chi connectivity index (χ4v) is 6.87. The molecule has 264 valence electrons. The van der Waals surface area contributed by atoms with Gasteiger partial charge in [0.05, 0.1) is 37.7 Å². The lowest BCUT2D eigenvalue weighted by Crippen LogP contribution is -2.55. The van der Waals surface area contributed by atoms with Crippen molar-refractivity contribution in [3.8, 4) is 0 Å². The molecular weight excluding hydrogens is 634 g/mol. The molecule has 11 heteroatoms. The molecule has 2 aromatic carbocycles. The number of aliphatic hydroxyl groups is 1. The molecule has 0 radical (unpaired) electrons. The maximum absolute atomic E-state index is 13.7. The summed E-state index contributed by atoms with van der Waals surface area (Å²) in [6.45, 7) is 6.10. The van der Waals surface area contributed by atoms with Gasteiger partial charge in [-0.3, -0.25) is 14.4 Å². The van der Waals surface area contributed by atoms with Gasteiger partial charge in [-0.1, -0.05) is 51.1 Å². The zero-order valence-electron chi connectivity index (χ0n) is 28.2. The first-order chi connectivity index (χ1) is 23.4. The predicted molar refractivity (Wildman–Crippen MR) is 180 cm³/mol. The molecule has 2 aromatic rings. The zero-order chi connectivity index (χ0) is 35.3. The van der Waals surface area contributed by atoms with Crippen LogP contribution in [0.5, 0.6) is 0 Å². The van der Waals surface area contributed by atoms with E-state index in [0.717, 1.165) is 16.7 Å². The third-order valence-electron chi connectivity index (χ3n) is 9.96. The van der Waals surface area contributed by atoms with Gasteiger partial charge < -0.3 is 29.9 Å². The van der Waals surface area contributed by atoms with E-state index in [1.807, 2.05) is 45.0 Å². The Morgan fingerprint density at radius 1 is 1.08 bits per heavy atom. The Bertz CT molecular complexity index is 1550. The van der Waals surface area contributed by atoms with Crippen LogP contribution in [0.3, 0.4) is 0 Å². The number of rotatable bonds is 16. The second kappa shape index (κ2) is 15.7. The van der Waals surface area contributed by atoms with Crippen LogP contribution in [0.25, 0.3) is 0 Å². The monoisotopic (exact) mass is 680 g/mol.